The molecule has 0 bridgehead atoms. The van der Waals surface area contributed by atoms with Crippen LogP contribution in [0.5, 0.6) is 0 Å². The Morgan fingerprint density at radius 1 is 0.875 bits per heavy atom. The molecule has 4 N–H and O–H groups in total. The molecular formula is C7H12N2O7. The zero-order chi connectivity index (χ0) is 12.7. The highest BCUT2D eigenvalue weighted by Gasteiger charge is 2.16. The molecule has 0 unspecified atom stereocenters. The summed E-state index contributed by atoms with van der Waals surface area (Å²) in [7, 11) is 0. The molecule has 0 atom stereocenters. The fourth-order valence-electron chi connectivity index (χ4n) is 0.928. The summed E-state index contributed by atoms with van der Waals surface area (Å²) in [5.74, 6) is -2.47. The number of amides is 1. The lowest BCUT2D eigenvalue weighted by atomic mass is 10.4. The summed E-state index contributed by atoms with van der Waals surface area (Å²) in [4.78, 5) is 31.8. The first-order valence-electron chi connectivity index (χ1n) is 4.18. The lowest BCUT2D eigenvalue weighted by Crippen LogP contribution is -2.40. The second kappa shape index (κ2) is 6.58. The van der Waals surface area contributed by atoms with E-state index in [1.165, 1.54) is 0 Å². The Kier molecular flexibility index (Phi) is 5.81. The predicted octanol–water partition coefficient (Wildman–Crippen LogP) is -1.17. The average molecular weight is 236 g/mol. The minimum Gasteiger partial charge on any atom is -0.480 e. The Morgan fingerprint density at radius 2 is 1.31 bits per heavy atom. The zero-order valence-electron chi connectivity index (χ0n) is 8.24. The number of carboxylic acids is 2. The number of hydroxylamine groups is 2. The fraction of sp³-hybridized carbons (Fsp3) is 0.571. The summed E-state index contributed by atoms with van der Waals surface area (Å²) in [5.41, 5.74) is 0. The van der Waals surface area contributed by atoms with Gasteiger partial charge in [0.05, 0.1) is 19.6 Å². The molecule has 0 aromatic rings. The zero-order valence-corrected chi connectivity index (χ0v) is 8.24. The van der Waals surface area contributed by atoms with Crippen molar-refractivity contribution in [3.63, 3.8) is 0 Å². The van der Waals surface area contributed by atoms with E-state index in [4.69, 9.17) is 20.5 Å². The molecule has 0 aromatic heterocycles. The first-order chi connectivity index (χ1) is 7.32. The third-order valence-corrected chi connectivity index (χ3v) is 1.57. The number of hydrogen-bond acceptors (Lipinski definition) is 5. The molecule has 0 rings (SSSR count). The van der Waals surface area contributed by atoms with Gasteiger partial charge >= 0.3 is 18.0 Å². The highest BCUT2D eigenvalue weighted by atomic mass is 16.6. The van der Waals surface area contributed by atoms with Gasteiger partial charge in [0, 0.05) is 6.54 Å². The van der Waals surface area contributed by atoms with Crippen LogP contribution in [0.3, 0.4) is 0 Å². The normalized spacial score (nSPS) is 10.1. The van der Waals surface area contributed by atoms with Crippen LogP contribution in [0.1, 0.15) is 0 Å². The van der Waals surface area contributed by atoms with Crippen LogP contribution >= 0.6 is 0 Å². The van der Waals surface area contributed by atoms with Crippen LogP contribution in [0.25, 0.3) is 0 Å². The highest BCUT2D eigenvalue weighted by molar-refractivity contribution is 5.72. The summed E-state index contributed by atoms with van der Waals surface area (Å²) in [6, 6.07) is 0. The van der Waals surface area contributed by atoms with Crippen LogP contribution in [-0.4, -0.2) is 74.7 Å². The monoisotopic (exact) mass is 236 g/mol. The van der Waals surface area contributed by atoms with Crippen LogP contribution < -0.4 is 0 Å². The Morgan fingerprint density at radius 3 is 1.62 bits per heavy atom. The van der Waals surface area contributed by atoms with Gasteiger partial charge in [0.25, 0.3) is 0 Å². The van der Waals surface area contributed by atoms with Gasteiger partial charge in [-0.25, -0.2) is 4.79 Å². The van der Waals surface area contributed by atoms with Crippen molar-refractivity contribution in [2.45, 2.75) is 0 Å². The molecule has 1 amide bonds. The maximum Gasteiger partial charge on any atom is 0.431 e. The van der Waals surface area contributed by atoms with Crippen LogP contribution in [-0.2, 0) is 9.59 Å². The quantitative estimate of drug-likeness (QED) is 0.320. The van der Waals surface area contributed by atoms with E-state index in [-0.39, 0.29) is 11.6 Å². The maximum atomic E-state index is 10.3. The number of carboxylic acid groups (broad SMARTS) is 3. The van der Waals surface area contributed by atoms with E-state index in [2.05, 4.69) is 0 Å². The number of aliphatic carboxylic acids is 2. The van der Waals surface area contributed by atoms with Crippen molar-refractivity contribution < 1.29 is 34.9 Å². The van der Waals surface area contributed by atoms with Crippen molar-refractivity contribution in [3.05, 3.63) is 0 Å². The first kappa shape index (κ1) is 14.1. The summed E-state index contributed by atoms with van der Waals surface area (Å²) >= 11 is 0. The molecule has 9 heteroatoms. The van der Waals surface area contributed by atoms with E-state index in [0.717, 1.165) is 4.90 Å². The van der Waals surface area contributed by atoms with Crippen molar-refractivity contribution >= 4 is 18.0 Å². The Bertz CT molecular complexity index is 264. The molecule has 0 radical (unpaired) electrons. The van der Waals surface area contributed by atoms with E-state index < -0.39 is 37.7 Å². The third-order valence-electron chi connectivity index (χ3n) is 1.57. The smallest absolute Gasteiger partial charge is 0.431 e. The second-order valence-corrected chi connectivity index (χ2v) is 2.90. The first-order valence-corrected chi connectivity index (χ1v) is 4.18. The van der Waals surface area contributed by atoms with Crippen molar-refractivity contribution in [1.82, 2.24) is 9.96 Å². The minimum absolute atomic E-state index is 0.0449. The van der Waals surface area contributed by atoms with Gasteiger partial charge in [-0.1, -0.05) is 0 Å². The Balaban J connectivity index is 4.15. The predicted molar refractivity (Wildman–Crippen MR) is 48.2 cm³/mol. The molecule has 9 nitrogen and oxygen atoms in total. The van der Waals surface area contributed by atoms with Crippen molar-refractivity contribution in [2.75, 3.05) is 26.2 Å². The van der Waals surface area contributed by atoms with Gasteiger partial charge in [-0.15, -0.1) is 0 Å². The molecule has 0 aliphatic carbocycles. The maximum absolute atomic E-state index is 10.3. The van der Waals surface area contributed by atoms with Crippen LogP contribution in [0.2, 0.25) is 0 Å². The van der Waals surface area contributed by atoms with E-state index >= 15 is 0 Å². The number of nitrogens with zero attached hydrogens (tertiary/aromatic N) is 2. The highest BCUT2D eigenvalue weighted by Crippen LogP contribution is 1.91. The molecule has 0 aliphatic rings. The largest absolute Gasteiger partial charge is 0.480 e. The van der Waals surface area contributed by atoms with Gasteiger partial charge in [0.15, 0.2) is 0 Å². The second-order valence-electron chi connectivity index (χ2n) is 2.90. The summed E-state index contributed by atoms with van der Waals surface area (Å²) in [6.07, 6.45) is -1.59. The number of hydrogen-bond donors (Lipinski definition) is 4. The van der Waals surface area contributed by atoms with Gasteiger partial charge in [0.2, 0.25) is 0 Å². The van der Waals surface area contributed by atoms with Crippen LogP contribution in [0.15, 0.2) is 0 Å². The number of rotatable bonds is 7. The SMILES string of the molecule is O=C(O)CN(CCN(O)C(=O)O)CC(=O)O. The van der Waals surface area contributed by atoms with Gasteiger partial charge < -0.3 is 15.3 Å². The van der Waals surface area contributed by atoms with E-state index in [0.29, 0.717) is 0 Å². The molecule has 92 valence electrons. The van der Waals surface area contributed by atoms with Gasteiger partial charge in [-0.3, -0.25) is 19.7 Å². The lowest BCUT2D eigenvalue weighted by Gasteiger charge is -2.19. The van der Waals surface area contributed by atoms with Crippen molar-refractivity contribution in [2.24, 2.45) is 0 Å². The molecular weight excluding hydrogens is 224 g/mol. The van der Waals surface area contributed by atoms with Crippen LogP contribution in [0, 0.1) is 0 Å². The van der Waals surface area contributed by atoms with Crippen LogP contribution in [0.4, 0.5) is 4.79 Å². The lowest BCUT2D eigenvalue weighted by molar-refractivity contribution is -0.142. The molecule has 0 saturated carbocycles. The standard InChI is InChI=1S/C7H12N2O7/c10-5(11)3-8(4-6(12)13)1-2-9(16)7(14)15/h16H,1-4H2,(H,10,11)(H,12,13)(H,14,15). The molecule has 0 saturated heterocycles. The molecule has 0 heterocycles. The fourth-order valence-corrected chi connectivity index (χ4v) is 0.928. The van der Waals surface area contributed by atoms with Gasteiger partial charge in [-0.05, 0) is 0 Å². The summed E-state index contributed by atoms with van der Waals surface area (Å²) in [6.45, 7) is -1.67. The Hall–Kier alpha value is -1.87. The van der Waals surface area contributed by atoms with E-state index in [9.17, 15) is 14.4 Å². The summed E-state index contributed by atoms with van der Waals surface area (Å²) in [5, 5.41) is 33.9. The molecule has 0 spiro atoms. The van der Waals surface area contributed by atoms with Gasteiger partial charge in [0.1, 0.15) is 0 Å². The molecule has 0 aromatic carbocycles. The molecule has 16 heavy (non-hydrogen) atoms. The molecule has 0 aliphatic heterocycles. The van der Waals surface area contributed by atoms with E-state index in [1.54, 1.807) is 0 Å². The van der Waals surface area contributed by atoms with E-state index in [1.807, 2.05) is 0 Å². The van der Waals surface area contributed by atoms with Crippen molar-refractivity contribution in [1.29, 1.82) is 0 Å². The number of carbonyl (C=O) groups is 3. The minimum atomic E-state index is -1.59. The van der Waals surface area contributed by atoms with Crippen molar-refractivity contribution in [3.8, 4) is 0 Å². The summed E-state index contributed by atoms with van der Waals surface area (Å²) < 4.78 is 0. The van der Waals surface area contributed by atoms with Gasteiger partial charge in [-0.2, -0.15) is 5.06 Å². The molecule has 0 fully saturated rings. The average Bonchev–Trinajstić information content (AvgIpc) is 2.11. The topological polar surface area (TPSA) is 139 Å². The third kappa shape index (κ3) is 6.56. The Labute approximate surface area is 90.1 Å².